The van der Waals surface area contributed by atoms with Crippen LogP contribution in [0.25, 0.3) is 0 Å². The van der Waals surface area contributed by atoms with Crippen molar-refractivity contribution in [3.63, 3.8) is 0 Å². The Kier molecular flexibility index (Phi) is 4.20. The van der Waals surface area contributed by atoms with Gasteiger partial charge in [-0.1, -0.05) is 6.08 Å². The molecule has 0 bridgehead atoms. The van der Waals surface area contributed by atoms with Crippen molar-refractivity contribution in [2.45, 2.75) is 0 Å². The Morgan fingerprint density at radius 1 is 2.00 bits per heavy atom. The molecule has 0 aliphatic rings. The van der Waals surface area contributed by atoms with Crippen molar-refractivity contribution in [1.82, 2.24) is 5.32 Å². The standard InChI is InChI=1S/C4H8N2OS/c1-2-3-6-4(8)7-5/h2H,1,3,5H2,(H,6,8). The van der Waals surface area contributed by atoms with E-state index in [0.29, 0.717) is 6.54 Å². The Morgan fingerprint density at radius 3 is 3.00 bits per heavy atom. The quantitative estimate of drug-likeness (QED) is 0.314. The fourth-order valence-corrected chi connectivity index (χ4v) is 0.281. The van der Waals surface area contributed by atoms with Crippen molar-refractivity contribution in [1.29, 1.82) is 0 Å². The van der Waals surface area contributed by atoms with Crippen LogP contribution in [0.3, 0.4) is 0 Å². The van der Waals surface area contributed by atoms with Gasteiger partial charge in [0, 0.05) is 6.54 Å². The zero-order valence-corrected chi connectivity index (χ0v) is 5.20. The first-order valence-electron chi connectivity index (χ1n) is 2.06. The molecule has 0 aromatic carbocycles. The molecule has 0 spiro atoms. The summed E-state index contributed by atoms with van der Waals surface area (Å²) in [7, 11) is 0. The Hall–Kier alpha value is -0.610. The molecule has 0 saturated carbocycles. The van der Waals surface area contributed by atoms with Crippen LogP contribution in [0.15, 0.2) is 12.7 Å². The molecule has 8 heavy (non-hydrogen) atoms. The molecular weight excluding hydrogens is 124 g/mol. The molecule has 0 saturated heterocycles. The summed E-state index contributed by atoms with van der Waals surface area (Å²) in [4.78, 5) is 4.12. The molecule has 0 radical (unpaired) electrons. The lowest BCUT2D eigenvalue weighted by Gasteiger charge is -1.99. The molecular formula is C4H8N2OS. The van der Waals surface area contributed by atoms with E-state index in [9.17, 15) is 0 Å². The fourth-order valence-electron chi connectivity index (χ4n) is 0.197. The largest absolute Gasteiger partial charge is 0.381 e. The average molecular weight is 132 g/mol. The highest BCUT2D eigenvalue weighted by atomic mass is 32.1. The molecule has 0 rings (SSSR count). The Bertz CT molecular complexity index is 94.0. The highest BCUT2D eigenvalue weighted by Gasteiger charge is 1.85. The fraction of sp³-hybridized carbons (Fsp3) is 0.250. The third-order valence-corrected chi connectivity index (χ3v) is 0.738. The van der Waals surface area contributed by atoms with Gasteiger partial charge in [0.1, 0.15) is 0 Å². The first-order valence-corrected chi connectivity index (χ1v) is 2.47. The van der Waals surface area contributed by atoms with Gasteiger partial charge in [0.15, 0.2) is 0 Å². The minimum absolute atomic E-state index is 0.185. The molecule has 0 aromatic heterocycles. The Balaban J connectivity index is 3.11. The number of nitrogens with two attached hydrogens (primary N) is 1. The van der Waals surface area contributed by atoms with Gasteiger partial charge in [-0.05, 0) is 12.2 Å². The molecule has 3 nitrogen and oxygen atoms in total. The van der Waals surface area contributed by atoms with E-state index in [-0.39, 0.29) is 5.17 Å². The van der Waals surface area contributed by atoms with E-state index in [1.54, 1.807) is 6.08 Å². The van der Waals surface area contributed by atoms with Crippen LogP contribution >= 0.6 is 12.2 Å². The lowest BCUT2D eigenvalue weighted by atomic mass is 10.6. The summed E-state index contributed by atoms with van der Waals surface area (Å²) in [6.07, 6.45) is 1.66. The van der Waals surface area contributed by atoms with Crippen LogP contribution in [-0.4, -0.2) is 11.7 Å². The lowest BCUT2D eigenvalue weighted by molar-refractivity contribution is 0.315. The smallest absolute Gasteiger partial charge is 0.278 e. The molecule has 0 unspecified atom stereocenters. The first-order chi connectivity index (χ1) is 3.81. The van der Waals surface area contributed by atoms with Gasteiger partial charge in [-0.15, -0.1) is 6.58 Å². The van der Waals surface area contributed by atoms with E-state index in [0.717, 1.165) is 0 Å². The average Bonchev–Trinajstić information content (AvgIpc) is 1.83. The van der Waals surface area contributed by atoms with Gasteiger partial charge < -0.3 is 10.2 Å². The monoisotopic (exact) mass is 132 g/mol. The van der Waals surface area contributed by atoms with Gasteiger partial charge in [0.05, 0.1) is 0 Å². The van der Waals surface area contributed by atoms with Crippen LogP contribution in [-0.2, 0) is 4.84 Å². The second kappa shape index (κ2) is 4.55. The topological polar surface area (TPSA) is 47.3 Å². The zero-order chi connectivity index (χ0) is 6.41. The number of hydrogen-bond donors (Lipinski definition) is 2. The molecule has 0 heterocycles. The predicted octanol–water partition coefficient (Wildman–Crippen LogP) is -0.0628. The summed E-state index contributed by atoms with van der Waals surface area (Å²) < 4.78 is 0. The summed E-state index contributed by atoms with van der Waals surface area (Å²) >= 11 is 4.51. The van der Waals surface area contributed by atoms with Crippen molar-refractivity contribution in [2.75, 3.05) is 6.54 Å². The van der Waals surface area contributed by atoms with E-state index in [2.05, 4.69) is 34.8 Å². The summed E-state index contributed by atoms with van der Waals surface area (Å²) in [5.41, 5.74) is 0. The number of rotatable bonds is 2. The second-order valence-corrected chi connectivity index (χ2v) is 1.45. The Morgan fingerprint density at radius 2 is 2.62 bits per heavy atom. The normalized spacial score (nSPS) is 7.62. The van der Waals surface area contributed by atoms with Crippen molar-refractivity contribution in [3.8, 4) is 0 Å². The highest BCUT2D eigenvalue weighted by molar-refractivity contribution is 7.80. The number of thiocarbonyl (C=S) groups is 1. The molecule has 0 fully saturated rings. The first kappa shape index (κ1) is 7.39. The van der Waals surface area contributed by atoms with E-state index in [4.69, 9.17) is 0 Å². The molecule has 0 amide bonds. The van der Waals surface area contributed by atoms with Crippen LogP contribution in [0.2, 0.25) is 0 Å². The van der Waals surface area contributed by atoms with Crippen molar-refractivity contribution in [3.05, 3.63) is 12.7 Å². The molecule has 0 aromatic rings. The van der Waals surface area contributed by atoms with Crippen LogP contribution in [0, 0.1) is 0 Å². The van der Waals surface area contributed by atoms with Gasteiger partial charge >= 0.3 is 0 Å². The van der Waals surface area contributed by atoms with Crippen molar-refractivity contribution in [2.24, 2.45) is 5.90 Å². The van der Waals surface area contributed by atoms with Gasteiger partial charge in [-0.25, -0.2) is 0 Å². The SMILES string of the molecule is C=CCNC(=S)ON. The zero-order valence-electron chi connectivity index (χ0n) is 4.39. The molecule has 0 atom stereocenters. The number of hydrogen-bond acceptors (Lipinski definition) is 3. The maximum Gasteiger partial charge on any atom is 0.278 e. The van der Waals surface area contributed by atoms with Gasteiger partial charge in [-0.3, -0.25) is 0 Å². The molecule has 0 aliphatic heterocycles. The van der Waals surface area contributed by atoms with E-state index >= 15 is 0 Å². The minimum Gasteiger partial charge on any atom is -0.381 e. The van der Waals surface area contributed by atoms with Crippen LogP contribution in [0.1, 0.15) is 0 Å². The van der Waals surface area contributed by atoms with Gasteiger partial charge in [0.25, 0.3) is 5.17 Å². The maximum atomic E-state index is 4.67. The van der Waals surface area contributed by atoms with E-state index in [1.165, 1.54) is 0 Å². The minimum atomic E-state index is 0.185. The molecule has 0 aliphatic carbocycles. The number of nitrogens with one attached hydrogen (secondary N) is 1. The molecule has 4 heteroatoms. The van der Waals surface area contributed by atoms with Gasteiger partial charge in [0.2, 0.25) is 0 Å². The summed E-state index contributed by atoms with van der Waals surface area (Å²) in [6, 6.07) is 0. The van der Waals surface area contributed by atoms with Crippen molar-refractivity contribution >= 4 is 17.4 Å². The van der Waals surface area contributed by atoms with Gasteiger partial charge in [-0.2, -0.15) is 5.90 Å². The Labute approximate surface area is 53.5 Å². The lowest BCUT2D eigenvalue weighted by Crippen LogP contribution is -2.26. The predicted molar refractivity (Wildman–Crippen MR) is 36.1 cm³/mol. The third kappa shape index (κ3) is 3.58. The van der Waals surface area contributed by atoms with Crippen LogP contribution in [0.5, 0.6) is 0 Å². The maximum absolute atomic E-state index is 4.67. The highest BCUT2D eigenvalue weighted by Crippen LogP contribution is 1.67. The van der Waals surface area contributed by atoms with Crippen LogP contribution in [0.4, 0.5) is 0 Å². The van der Waals surface area contributed by atoms with E-state index in [1.807, 2.05) is 0 Å². The summed E-state index contributed by atoms with van der Waals surface area (Å²) in [5.74, 6) is 4.67. The van der Waals surface area contributed by atoms with Crippen molar-refractivity contribution < 1.29 is 4.84 Å². The summed E-state index contributed by atoms with van der Waals surface area (Å²) in [5, 5.41) is 2.83. The van der Waals surface area contributed by atoms with Crippen LogP contribution < -0.4 is 11.2 Å². The second-order valence-electron chi connectivity index (χ2n) is 1.07. The third-order valence-electron chi connectivity index (χ3n) is 0.498. The molecule has 3 N–H and O–H groups in total. The van der Waals surface area contributed by atoms with E-state index < -0.39 is 0 Å². The molecule has 46 valence electrons. The summed E-state index contributed by atoms with van der Waals surface area (Å²) in [6.45, 7) is 4.03.